The van der Waals surface area contributed by atoms with Gasteiger partial charge in [0.05, 0.1) is 5.92 Å². The first kappa shape index (κ1) is 13.2. The summed E-state index contributed by atoms with van der Waals surface area (Å²) in [4.78, 5) is 14.2. The maximum atomic E-state index is 13.9. The van der Waals surface area contributed by atoms with Crippen LogP contribution in [0.3, 0.4) is 0 Å². The third-order valence-electron chi connectivity index (χ3n) is 3.47. The van der Waals surface area contributed by atoms with Gasteiger partial charge in [0, 0.05) is 31.3 Å². The Kier molecular flexibility index (Phi) is 3.52. The van der Waals surface area contributed by atoms with Gasteiger partial charge in [-0.1, -0.05) is 13.8 Å². The van der Waals surface area contributed by atoms with Gasteiger partial charge in [0.1, 0.15) is 0 Å². The van der Waals surface area contributed by atoms with Crippen molar-refractivity contribution in [3.05, 3.63) is 33.7 Å². The number of aromatic nitrogens is 1. The Labute approximate surface area is 105 Å². The van der Waals surface area contributed by atoms with E-state index in [1.54, 1.807) is 6.07 Å². The van der Waals surface area contributed by atoms with Crippen LogP contribution in [0.15, 0.2) is 17.1 Å². The zero-order valence-corrected chi connectivity index (χ0v) is 10.6. The summed E-state index contributed by atoms with van der Waals surface area (Å²) in [5.74, 6) is -3.54. The lowest BCUT2D eigenvalue weighted by Crippen LogP contribution is -2.43. The van der Waals surface area contributed by atoms with E-state index in [4.69, 9.17) is 0 Å². The molecule has 1 aliphatic rings. The van der Waals surface area contributed by atoms with Gasteiger partial charge < -0.3 is 10.3 Å². The third kappa shape index (κ3) is 2.46. The number of hydrogen-bond acceptors (Lipinski definition) is 2. The Morgan fingerprint density at radius 3 is 2.78 bits per heavy atom. The Morgan fingerprint density at radius 2 is 2.17 bits per heavy atom. The normalized spacial score (nSPS) is 23.3. The topological polar surface area (TPSA) is 44.9 Å². The molecule has 2 heterocycles. The van der Waals surface area contributed by atoms with Crippen molar-refractivity contribution in [3.8, 4) is 0 Å². The number of alkyl halides is 2. The second-order valence-corrected chi connectivity index (χ2v) is 5.14. The molecule has 2 N–H and O–H groups in total. The van der Waals surface area contributed by atoms with E-state index in [1.165, 1.54) is 6.20 Å². The number of aromatic amines is 1. The fourth-order valence-electron chi connectivity index (χ4n) is 2.34. The van der Waals surface area contributed by atoms with Crippen LogP contribution >= 0.6 is 0 Å². The Morgan fingerprint density at radius 1 is 1.44 bits per heavy atom. The van der Waals surface area contributed by atoms with E-state index in [9.17, 15) is 13.6 Å². The van der Waals surface area contributed by atoms with Gasteiger partial charge in [0.15, 0.2) is 0 Å². The minimum atomic E-state index is -2.71. The second-order valence-electron chi connectivity index (χ2n) is 5.14. The molecule has 0 aliphatic carbocycles. The van der Waals surface area contributed by atoms with E-state index in [0.29, 0.717) is 17.7 Å². The molecule has 0 spiro atoms. The molecule has 1 atom stereocenters. The Bertz CT molecular complexity index is 482. The molecule has 0 radical (unpaired) electrons. The second kappa shape index (κ2) is 4.80. The van der Waals surface area contributed by atoms with Crippen molar-refractivity contribution in [2.24, 2.45) is 0 Å². The Hall–Kier alpha value is -1.23. The highest BCUT2D eigenvalue weighted by molar-refractivity contribution is 5.26. The molecule has 0 bridgehead atoms. The lowest BCUT2D eigenvalue weighted by molar-refractivity contribution is -0.0480. The minimum Gasteiger partial charge on any atom is -0.329 e. The summed E-state index contributed by atoms with van der Waals surface area (Å²) in [6.07, 6.45) is 1.26. The number of piperidine rings is 1. The number of hydrogen-bond donors (Lipinski definition) is 2. The molecular weight excluding hydrogens is 238 g/mol. The van der Waals surface area contributed by atoms with Crippen LogP contribution in [0.25, 0.3) is 0 Å². The number of nitrogens with one attached hydrogen (secondary N) is 2. The van der Waals surface area contributed by atoms with Crippen LogP contribution in [-0.4, -0.2) is 24.0 Å². The monoisotopic (exact) mass is 256 g/mol. The van der Waals surface area contributed by atoms with Crippen LogP contribution in [0.5, 0.6) is 0 Å². The lowest BCUT2D eigenvalue weighted by Gasteiger charge is -2.32. The largest absolute Gasteiger partial charge is 0.329 e. The molecule has 0 amide bonds. The highest BCUT2D eigenvalue weighted by Crippen LogP contribution is 2.37. The molecule has 3 nitrogen and oxygen atoms in total. The van der Waals surface area contributed by atoms with Gasteiger partial charge in [-0.15, -0.1) is 0 Å². The van der Waals surface area contributed by atoms with E-state index in [0.717, 1.165) is 0 Å². The summed E-state index contributed by atoms with van der Waals surface area (Å²) in [6, 6.07) is 1.62. The van der Waals surface area contributed by atoms with E-state index >= 15 is 0 Å². The molecule has 0 aromatic carbocycles. The number of halogens is 2. The quantitative estimate of drug-likeness (QED) is 0.852. The van der Waals surface area contributed by atoms with E-state index in [-0.39, 0.29) is 24.4 Å². The van der Waals surface area contributed by atoms with Crippen molar-refractivity contribution in [3.63, 3.8) is 0 Å². The molecule has 1 aliphatic heterocycles. The van der Waals surface area contributed by atoms with Crippen molar-refractivity contribution >= 4 is 0 Å². The maximum Gasteiger partial charge on any atom is 0.257 e. The number of rotatable bonds is 2. The molecule has 1 aromatic rings. The molecule has 100 valence electrons. The van der Waals surface area contributed by atoms with Gasteiger partial charge in [0.2, 0.25) is 0 Å². The zero-order valence-electron chi connectivity index (χ0n) is 10.6. The summed E-state index contributed by atoms with van der Waals surface area (Å²) < 4.78 is 27.7. The average Bonchev–Trinajstić information content (AvgIpc) is 2.29. The first-order valence-electron chi connectivity index (χ1n) is 6.23. The van der Waals surface area contributed by atoms with Gasteiger partial charge in [-0.05, 0) is 17.5 Å². The van der Waals surface area contributed by atoms with Crippen molar-refractivity contribution < 1.29 is 8.78 Å². The standard InChI is InChI=1S/C13H18F2N2O/c1-8(2)10-5-9(6-17-12(10)18)11-7-16-4-3-13(11,14)15/h5-6,8,11,16H,3-4,7H2,1-2H3,(H,17,18). The van der Waals surface area contributed by atoms with Gasteiger partial charge in [-0.2, -0.15) is 0 Å². The van der Waals surface area contributed by atoms with E-state index < -0.39 is 11.8 Å². The van der Waals surface area contributed by atoms with Crippen LogP contribution in [0.1, 0.15) is 43.2 Å². The summed E-state index contributed by atoms with van der Waals surface area (Å²) in [5, 5.41) is 2.98. The lowest BCUT2D eigenvalue weighted by atomic mass is 9.87. The predicted octanol–water partition coefficient (Wildman–Crippen LogP) is 2.21. The van der Waals surface area contributed by atoms with Gasteiger partial charge in [-0.25, -0.2) is 8.78 Å². The number of H-pyrrole nitrogens is 1. The van der Waals surface area contributed by atoms with Gasteiger partial charge in [-0.3, -0.25) is 4.79 Å². The summed E-state index contributed by atoms with van der Waals surface area (Å²) in [5.41, 5.74) is 0.880. The fourth-order valence-corrected chi connectivity index (χ4v) is 2.34. The predicted molar refractivity (Wildman–Crippen MR) is 66.3 cm³/mol. The summed E-state index contributed by atoms with van der Waals surface area (Å²) in [6.45, 7) is 4.34. The van der Waals surface area contributed by atoms with Crippen molar-refractivity contribution in [1.82, 2.24) is 10.3 Å². The molecule has 1 unspecified atom stereocenters. The SMILES string of the molecule is CC(C)c1cc(C2CNCCC2(F)F)c[nH]c1=O. The van der Waals surface area contributed by atoms with Crippen LogP contribution in [0.4, 0.5) is 8.78 Å². The maximum absolute atomic E-state index is 13.9. The van der Waals surface area contributed by atoms with E-state index in [1.807, 2.05) is 13.8 Å². The van der Waals surface area contributed by atoms with Crippen LogP contribution in [0, 0.1) is 0 Å². The highest BCUT2D eigenvalue weighted by Gasteiger charge is 2.42. The summed E-state index contributed by atoms with van der Waals surface area (Å²) >= 11 is 0. The van der Waals surface area contributed by atoms with Gasteiger partial charge in [0.25, 0.3) is 11.5 Å². The molecule has 1 aromatic heterocycles. The fraction of sp³-hybridized carbons (Fsp3) is 0.615. The van der Waals surface area contributed by atoms with Crippen molar-refractivity contribution in [1.29, 1.82) is 0 Å². The van der Waals surface area contributed by atoms with Crippen LogP contribution in [0.2, 0.25) is 0 Å². The van der Waals surface area contributed by atoms with Crippen molar-refractivity contribution in [2.45, 2.75) is 38.0 Å². The average molecular weight is 256 g/mol. The molecule has 1 saturated heterocycles. The van der Waals surface area contributed by atoms with Crippen molar-refractivity contribution in [2.75, 3.05) is 13.1 Å². The molecular formula is C13H18F2N2O. The highest BCUT2D eigenvalue weighted by atomic mass is 19.3. The van der Waals surface area contributed by atoms with Crippen LogP contribution < -0.4 is 10.9 Å². The molecule has 0 saturated carbocycles. The zero-order chi connectivity index (χ0) is 13.3. The van der Waals surface area contributed by atoms with E-state index in [2.05, 4.69) is 10.3 Å². The molecule has 1 fully saturated rings. The first-order chi connectivity index (χ1) is 8.42. The first-order valence-corrected chi connectivity index (χ1v) is 6.23. The molecule has 5 heteroatoms. The smallest absolute Gasteiger partial charge is 0.257 e. The molecule has 18 heavy (non-hydrogen) atoms. The van der Waals surface area contributed by atoms with Crippen LogP contribution in [-0.2, 0) is 0 Å². The third-order valence-corrected chi connectivity index (χ3v) is 3.47. The molecule has 2 rings (SSSR count). The minimum absolute atomic E-state index is 0.0267. The van der Waals surface area contributed by atoms with Gasteiger partial charge >= 0.3 is 0 Å². The number of pyridine rings is 1. The Balaban J connectivity index is 2.39. The summed E-state index contributed by atoms with van der Waals surface area (Å²) in [7, 11) is 0.